The summed E-state index contributed by atoms with van der Waals surface area (Å²) in [6.45, 7) is 12.5. The Balaban J connectivity index is 1.24. The average molecular weight is 517 g/mol. The highest BCUT2D eigenvalue weighted by atomic mass is 16.5. The molecule has 2 aromatic heterocycles. The molecule has 2 amide bonds. The normalized spacial score (nSPS) is 14.4. The molecule has 0 aliphatic carbocycles. The highest BCUT2D eigenvalue weighted by Crippen LogP contribution is 2.24. The topological polar surface area (TPSA) is 111 Å². The van der Waals surface area contributed by atoms with Gasteiger partial charge in [0.05, 0.1) is 5.56 Å². The molecule has 0 radical (unpaired) electrons. The lowest BCUT2D eigenvalue weighted by atomic mass is 9.93. The van der Waals surface area contributed by atoms with Crippen LogP contribution in [0.15, 0.2) is 47.2 Å². The molecule has 10 nitrogen and oxygen atoms in total. The zero-order valence-electron chi connectivity index (χ0n) is 22.5. The summed E-state index contributed by atoms with van der Waals surface area (Å²) >= 11 is 0. The van der Waals surface area contributed by atoms with E-state index >= 15 is 0 Å². The van der Waals surface area contributed by atoms with Gasteiger partial charge in [0.1, 0.15) is 5.76 Å². The molecule has 1 aromatic carbocycles. The molecule has 4 rings (SSSR count). The summed E-state index contributed by atoms with van der Waals surface area (Å²) in [5.74, 6) is 7.83. The van der Waals surface area contributed by atoms with Crippen molar-refractivity contribution in [1.82, 2.24) is 24.9 Å². The van der Waals surface area contributed by atoms with Crippen LogP contribution in [0.25, 0.3) is 0 Å². The lowest BCUT2D eigenvalue weighted by molar-refractivity contribution is 0.154. The maximum Gasteiger partial charge on any atom is 0.324 e. The van der Waals surface area contributed by atoms with Crippen molar-refractivity contribution in [2.75, 3.05) is 62.3 Å². The van der Waals surface area contributed by atoms with Crippen molar-refractivity contribution in [3.05, 3.63) is 59.6 Å². The average Bonchev–Trinajstić information content (AvgIpc) is 3.36. The monoisotopic (exact) mass is 516 g/mol. The van der Waals surface area contributed by atoms with Crippen molar-refractivity contribution < 1.29 is 9.32 Å². The number of nitrogens with zero attached hydrogens (tertiary/aromatic N) is 5. The van der Waals surface area contributed by atoms with E-state index < -0.39 is 6.03 Å². The van der Waals surface area contributed by atoms with Crippen molar-refractivity contribution in [2.24, 2.45) is 0 Å². The van der Waals surface area contributed by atoms with Crippen molar-refractivity contribution in [2.45, 2.75) is 32.6 Å². The Morgan fingerprint density at radius 1 is 1.03 bits per heavy atom. The Morgan fingerprint density at radius 3 is 2.47 bits per heavy atom. The van der Waals surface area contributed by atoms with E-state index in [4.69, 9.17) is 4.52 Å². The third-order valence-corrected chi connectivity index (χ3v) is 6.14. The predicted octanol–water partition coefficient (Wildman–Crippen LogP) is 3.86. The van der Waals surface area contributed by atoms with E-state index in [1.165, 1.54) is 0 Å². The molecule has 1 saturated heterocycles. The van der Waals surface area contributed by atoms with E-state index in [1.54, 1.807) is 30.6 Å². The number of hydrogen-bond donors (Lipinski definition) is 3. The fourth-order valence-electron chi connectivity index (χ4n) is 3.84. The third kappa shape index (κ3) is 8.30. The summed E-state index contributed by atoms with van der Waals surface area (Å²) in [4.78, 5) is 26.0. The van der Waals surface area contributed by atoms with Gasteiger partial charge in [0.2, 0.25) is 5.95 Å². The number of carbonyl (C=O) groups is 1. The van der Waals surface area contributed by atoms with Gasteiger partial charge in [-0.25, -0.2) is 14.8 Å². The van der Waals surface area contributed by atoms with Crippen LogP contribution >= 0.6 is 0 Å². The second-order valence-electron chi connectivity index (χ2n) is 10.5. The molecular weight excluding hydrogens is 480 g/mol. The molecule has 10 heteroatoms. The lowest BCUT2D eigenvalue weighted by Gasteiger charge is -2.32. The number of benzene rings is 1. The van der Waals surface area contributed by atoms with Crippen LogP contribution < -0.4 is 16.0 Å². The minimum atomic E-state index is -0.413. The summed E-state index contributed by atoms with van der Waals surface area (Å²) in [5.41, 5.74) is 1.89. The number of nitrogens with one attached hydrogen (secondary N) is 3. The van der Waals surface area contributed by atoms with Gasteiger partial charge in [0.25, 0.3) is 0 Å². The van der Waals surface area contributed by atoms with Crippen molar-refractivity contribution in [3.63, 3.8) is 0 Å². The molecule has 38 heavy (non-hydrogen) atoms. The van der Waals surface area contributed by atoms with E-state index in [0.717, 1.165) is 51.3 Å². The van der Waals surface area contributed by atoms with Gasteiger partial charge < -0.3 is 25.0 Å². The van der Waals surface area contributed by atoms with Crippen molar-refractivity contribution in [3.8, 4) is 11.8 Å². The van der Waals surface area contributed by atoms with Crippen LogP contribution in [0.5, 0.6) is 0 Å². The SMILES string of the molecule is CN1CCN(CCCNc2ncc(C#Cc3cccc(NC(=O)Nc4cc(C(C)(C)C)on4)c3)cn2)CC1. The Labute approximate surface area is 224 Å². The number of piperazine rings is 1. The van der Waals surface area contributed by atoms with Gasteiger partial charge in [0.15, 0.2) is 5.82 Å². The molecular formula is C28H36N8O2. The Hall–Kier alpha value is -3.94. The molecule has 3 aromatic rings. The molecule has 1 fully saturated rings. The van der Waals surface area contributed by atoms with Gasteiger partial charge in [0, 0.05) is 67.8 Å². The quantitative estimate of drug-likeness (QED) is 0.321. The van der Waals surface area contributed by atoms with Gasteiger partial charge in [-0.2, -0.15) is 0 Å². The highest BCUT2D eigenvalue weighted by Gasteiger charge is 2.20. The first-order chi connectivity index (χ1) is 18.2. The van der Waals surface area contributed by atoms with Gasteiger partial charge >= 0.3 is 6.03 Å². The van der Waals surface area contributed by atoms with Gasteiger partial charge in [-0.1, -0.05) is 43.8 Å². The van der Waals surface area contributed by atoms with E-state index in [9.17, 15) is 4.79 Å². The molecule has 1 aliphatic rings. The van der Waals surface area contributed by atoms with Crippen LogP contribution in [-0.2, 0) is 5.41 Å². The van der Waals surface area contributed by atoms with E-state index in [0.29, 0.717) is 28.8 Å². The minimum absolute atomic E-state index is 0.192. The molecule has 0 spiro atoms. The fraction of sp³-hybridized carbons (Fsp3) is 0.429. The number of amides is 2. The molecule has 200 valence electrons. The van der Waals surface area contributed by atoms with Crippen LogP contribution in [0.2, 0.25) is 0 Å². The Morgan fingerprint density at radius 2 is 1.76 bits per heavy atom. The molecule has 3 N–H and O–H groups in total. The summed E-state index contributed by atoms with van der Waals surface area (Å²) in [5, 5.41) is 12.7. The van der Waals surface area contributed by atoms with Crippen LogP contribution in [0.4, 0.5) is 22.2 Å². The molecule has 3 heterocycles. The van der Waals surface area contributed by atoms with Crippen LogP contribution in [0.3, 0.4) is 0 Å². The number of likely N-dealkylation sites (N-methyl/N-ethyl adjacent to an activating group) is 1. The molecule has 0 bridgehead atoms. The third-order valence-electron chi connectivity index (χ3n) is 6.14. The summed E-state index contributed by atoms with van der Waals surface area (Å²) < 4.78 is 5.30. The van der Waals surface area contributed by atoms with Gasteiger partial charge in [-0.05, 0) is 38.2 Å². The van der Waals surface area contributed by atoms with Crippen LogP contribution in [-0.4, -0.2) is 77.3 Å². The number of urea groups is 1. The van der Waals surface area contributed by atoms with E-state index in [2.05, 4.69) is 59.8 Å². The lowest BCUT2D eigenvalue weighted by Crippen LogP contribution is -2.44. The summed E-state index contributed by atoms with van der Waals surface area (Å²) in [6, 6.07) is 8.61. The van der Waals surface area contributed by atoms with Crippen LogP contribution in [0, 0.1) is 11.8 Å². The second-order valence-corrected chi connectivity index (χ2v) is 10.5. The standard InChI is InChI=1S/C28H36N8O2/c1-28(2,3)24-18-25(34-38-24)33-27(37)32-23-8-5-7-21(17-23)9-10-22-19-30-26(31-20-22)29-11-6-12-36-15-13-35(4)14-16-36/h5,7-8,17-20H,6,11-16H2,1-4H3,(H,29,30,31)(H2,32,33,34,37). The number of rotatable bonds is 7. The van der Waals surface area contributed by atoms with Gasteiger partial charge in [-0.3, -0.25) is 5.32 Å². The Kier molecular flexibility index (Phi) is 8.94. The molecule has 0 unspecified atom stereocenters. The van der Waals surface area contributed by atoms with Crippen LogP contribution in [0.1, 0.15) is 44.1 Å². The van der Waals surface area contributed by atoms with Crippen molar-refractivity contribution >= 4 is 23.5 Å². The summed E-state index contributed by atoms with van der Waals surface area (Å²) in [7, 11) is 2.17. The highest BCUT2D eigenvalue weighted by molar-refractivity contribution is 5.99. The zero-order chi connectivity index (χ0) is 27.0. The largest absolute Gasteiger partial charge is 0.359 e. The predicted molar refractivity (Wildman–Crippen MR) is 149 cm³/mol. The molecule has 0 saturated carbocycles. The van der Waals surface area contributed by atoms with E-state index in [1.807, 2.05) is 32.9 Å². The second kappa shape index (κ2) is 12.5. The molecule has 1 aliphatic heterocycles. The maximum absolute atomic E-state index is 12.4. The Bertz CT molecular complexity index is 1260. The van der Waals surface area contributed by atoms with Crippen molar-refractivity contribution in [1.29, 1.82) is 0 Å². The minimum Gasteiger partial charge on any atom is -0.359 e. The first-order valence-electron chi connectivity index (χ1n) is 12.9. The smallest absolute Gasteiger partial charge is 0.324 e. The number of carbonyl (C=O) groups excluding carboxylic acids is 1. The zero-order valence-corrected chi connectivity index (χ0v) is 22.5. The molecule has 0 atom stereocenters. The number of aromatic nitrogens is 3. The number of hydrogen-bond acceptors (Lipinski definition) is 8. The first kappa shape index (κ1) is 27.1. The van der Waals surface area contributed by atoms with Gasteiger partial charge in [-0.15, -0.1) is 0 Å². The maximum atomic E-state index is 12.4. The fourth-order valence-corrected chi connectivity index (χ4v) is 3.84. The van der Waals surface area contributed by atoms with E-state index in [-0.39, 0.29) is 5.41 Å². The summed E-state index contributed by atoms with van der Waals surface area (Å²) in [6.07, 6.45) is 4.47. The first-order valence-corrected chi connectivity index (χ1v) is 12.9. The number of anilines is 3.